The van der Waals surface area contributed by atoms with Crippen molar-refractivity contribution in [2.24, 2.45) is 11.8 Å². The van der Waals surface area contributed by atoms with E-state index in [1.807, 2.05) is 45.0 Å². The first-order chi connectivity index (χ1) is 17.0. The number of rotatable bonds is 7. The number of ether oxygens (including phenoxy) is 2. The molecule has 0 bridgehead atoms. The molecule has 1 fully saturated rings. The predicted octanol–water partition coefficient (Wildman–Crippen LogP) is 7.91. The zero-order valence-electron chi connectivity index (χ0n) is 23.0. The van der Waals surface area contributed by atoms with Crippen LogP contribution < -0.4 is 10.1 Å². The van der Waals surface area contributed by atoms with Gasteiger partial charge in [0.05, 0.1) is 12.2 Å². The smallest absolute Gasteiger partial charge is 0.255 e. The van der Waals surface area contributed by atoms with Crippen LogP contribution in [0.4, 0.5) is 5.69 Å². The number of carbonyl (C=O) groups is 1. The topological polar surface area (TPSA) is 67.8 Å². The molecule has 1 saturated heterocycles. The number of hydrogen-bond acceptors (Lipinski definition) is 4. The van der Waals surface area contributed by atoms with Gasteiger partial charge in [-0.2, -0.15) is 0 Å². The maximum Gasteiger partial charge on any atom is 0.255 e. The number of phenolic OH excluding ortho intramolecular Hbond substituents is 1. The van der Waals surface area contributed by atoms with Crippen LogP contribution in [0.1, 0.15) is 113 Å². The Balaban J connectivity index is 1.61. The van der Waals surface area contributed by atoms with Crippen LogP contribution in [0.25, 0.3) is 0 Å². The van der Waals surface area contributed by atoms with Crippen molar-refractivity contribution >= 4 is 11.6 Å². The molecule has 2 aliphatic rings. The van der Waals surface area contributed by atoms with Gasteiger partial charge >= 0.3 is 0 Å². The van der Waals surface area contributed by atoms with E-state index in [9.17, 15) is 9.90 Å². The third kappa shape index (κ3) is 5.41. The molecule has 0 aromatic heterocycles. The molecule has 2 N–H and O–H groups in total. The molecule has 0 saturated carbocycles. The Morgan fingerprint density at radius 3 is 2.61 bits per heavy atom. The molecule has 0 aliphatic carbocycles. The number of benzene rings is 2. The van der Waals surface area contributed by atoms with Crippen molar-refractivity contribution in [1.29, 1.82) is 0 Å². The van der Waals surface area contributed by atoms with Crippen LogP contribution in [0.3, 0.4) is 0 Å². The van der Waals surface area contributed by atoms with Crippen molar-refractivity contribution in [2.45, 2.75) is 104 Å². The number of nitrogens with one attached hydrogen (secondary N) is 1. The number of hydrogen-bond donors (Lipinski definition) is 2. The Morgan fingerprint density at radius 2 is 1.92 bits per heavy atom. The van der Waals surface area contributed by atoms with E-state index in [-0.39, 0.29) is 41.3 Å². The predicted molar refractivity (Wildman–Crippen MR) is 145 cm³/mol. The van der Waals surface area contributed by atoms with E-state index in [1.54, 1.807) is 6.07 Å². The maximum atomic E-state index is 13.3. The molecule has 0 radical (unpaired) electrons. The summed E-state index contributed by atoms with van der Waals surface area (Å²) in [6.45, 7) is 14.9. The lowest BCUT2D eigenvalue weighted by atomic mass is 9.72. The third-order valence-electron chi connectivity index (χ3n) is 8.03. The minimum Gasteiger partial charge on any atom is -0.508 e. The van der Waals surface area contributed by atoms with Crippen molar-refractivity contribution in [3.05, 3.63) is 52.6 Å². The van der Waals surface area contributed by atoms with Crippen LogP contribution in [-0.2, 0) is 4.74 Å². The minimum atomic E-state index is -0.271. The normalized spacial score (nSPS) is 25.3. The van der Waals surface area contributed by atoms with Crippen molar-refractivity contribution < 1.29 is 19.4 Å². The van der Waals surface area contributed by atoms with Gasteiger partial charge in [0.25, 0.3) is 5.91 Å². The van der Waals surface area contributed by atoms with Crippen molar-refractivity contribution in [1.82, 2.24) is 0 Å². The summed E-state index contributed by atoms with van der Waals surface area (Å²) in [5.74, 6) is 2.01. The second-order valence-corrected chi connectivity index (χ2v) is 11.8. The molecule has 36 heavy (non-hydrogen) atoms. The molecule has 0 unspecified atom stereocenters. The zero-order valence-corrected chi connectivity index (χ0v) is 23.0. The molecule has 4 rings (SSSR count). The van der Waals surface area contributed by atoms with E-state index in [0.717, 1.165) is 48.1 Å². The summed E-state index contributed by atoms with van der Waals surface area (Å²) in [5.41, 5.74) is 3.65. The molecule has 4 atom stereocenters. The number of phenols is 1. The molecule has 2 aromatic carbocycles. The first-order valence-electron chi connectivity index (χ1n) is 13.6. The Labute approximate surface area is 216 Å². The van der Waals surface area contributed by atoms with Gasteiger partial charge in [-0.1, -0.05) is 34.1 Å². The van der Waals surface area contributed by atoms with E-state index in [2.05, 4.69) is 33.0 Å². The molecule has 0 spiro atoms. The Kier molecular flexibility index (Phi) is 7.70. The molecule has 196 valence electrons. The first kappa shape index (κ1) is 26.5. The fourth-order valence-corrected chi connectivity index (χ4v) is 5.83. The average molecular weight is 494 g/mol. The van der Waals surface area contributed by atoms with Gasteiger partial charge in [-0.05, 0) is 99.7 Å². The van der Waals surface area contributed by atoms with Gasteiger partial charge in [0, 0.05) is 22.7 Å². The summed E-state index contributed by atoms with van der Waals surface area (Å²) in [6, 6.07) is 9.32. The van der Waals surface area contributed by atoms with Crippen molar-refractivity contribution in [3.63, 3.8) is 0 Å². The van der Waals surface area contributed by atoms with E-state index >= 15 is 0 Å². The van der Waals surface area contributed by atoms with Gasteiger partial charge < -0.3 is 19.9 Å². The van der Waals surface area contributed by atoms with E-state index in [0.29, 0.717) is 17.2 Å². The maximum absolute atomic E-state index is 13.3. The highest BCUT2D eigenvalue weighted by Gasteiger charge is 2.49. The molecule has 5 heteroatoms. The number of amides is 1. The van der Waals surface area contributed by atoms with Crippen LogP contribution in [0, 0.1) is 18.8 Å². The summed E-state index contributed by atoms with van der Waals surface area (Å²) < 4.78 is 13.2. The summed E-state index contributed by atoms with van der Waals surface area (Å²) >= 11 is 0. The Bertz CT molecular complexity index is 1110. The standard InChI is InChI=1S/C31H43NO4/c1-18(2)9-8-14-31(7)25-12-10-21(6)35-29(25)24-16-22(11-13-28(24)36-31)30(34)32-26-17-23(19(3)4)27(33)15-20(26)5/h11,13,15-19,21,25,29,33H,8-10,12,14H2,1-7H3,(H,32,34)/t21-,25-,29+,31+/m1/s1. The molecule has 5 nitrogen and oxygen atoms in total. The minimum absolute atomic E-state index is 0.0720. The number of fused-ring (bicyclic) bond motifs is 3. The summed E-state index contributed by atoms with van der Waals surface area (Å²) in [5, 5.41) is 13.3. The third-order valence-corrected chi connectivity index (χ3v) is 8.03. The fraction of sp³-hybridized carbons (Fsp3) is 0.581. The van der Waals surface area contributed by atoms with Gasteiger partial charge in [-0.25, -0.2) is 0 Å². The van der Waals surface area contributed by atoms with Crippen molar-refractivity contribution in [3.8, 4) is 11.5 Å². The number of carbonyl (C=O) groups excluding carboxylic acids is 1. The highest BCUT2D eigenvalue weighted by Crippen LogP contribution is 2.52. The summed E-state index contributed by atoms with van der Waals surface area (Å²) in [4.78, 5) is 13.3. The summed E-state index contributed by atoms with van der Waals surface area (Å²) in [6.07, 6.45) is 5.52. The van der Waals surface area contributed by atoms with Gasteiger partial charge in [0.15, 0.2) is 0 Å². The van der Waals surface area contributed by atoms with Crippen LogP contribution in [-0.4, -0.2) is 22.7 Å². The van der Waals surface area contributed by atoms with E-state index < -0.39 is 0 Å². The number of aryl methyl sites for hydroxylation is 1. The molecular weight excluding hydrogens is 450 g/mol. The molecule has 1 amide bonds. The second kappa shape index (κ2) is 10.5. The SMILES string of the molecule is Cc1cc(O)c(C(C)C)cc1NC(=O)c1ccc2c(c1)[C@@H]1O[C@H](C)CC[C@H]1[C@](C)(CCCC(C)C)O2. The van der Waals surface area contributed by atoms with Gasteiger partial charge in [0.2, 0.25) is 0 Å². The monoisotopic (exact) mass is 493 g/mol. The Morgan fingerprint density at radius 1 is 1.17 bits per heavy atom. The van der Waals surface area contributed by atoms with Crippen LogP contribution >= 0.6 is 0 Å². The second-order valence-electron chi connectivity index (χ2n) is 11.8. The first-order valence-corrected chi connectivity index (χ1v) is 13.6. The van der Waals surface area contributed by atoms with Crippen LogP contribution in [0.2, 0.25) is 0 Å². The molecule has 2 aliphatic heterocycles. The highest BCUT2D eigenvalue weighted by molar-refractivity contribution is 6.05. The Hall–Kier alpha value is -2.53. The van der Waals surface area contributed by atoms with Crippen LogP contribution in [0.5, 0.6) is 11.5 Å². The molecule has 2 aromatic rings. The number of aromatic hydroxyl groups is 1. The van der Waals surface area contributed by atoms with Gasteiger partial charge in [0.1, 0.15) is 17.1 Å². The lowest BCUT2D eigenvalue weighted by Gasteiger charge is -2.50. The van der Waals surface area contributed by atoms with Gasteiger partial charge in [-0.3, -0.25) is 4.79 Å². The fourth-order valence-electron chi connectivity index (χ4n) is 5.83. The lowest BCUT2D eigenvalue weighted by molar-refractivity contribution is -0.152. The molecular formula is C31H43NO4. The van der Waals surface area contributed by atoms with E-state index in [4.69, 9.17) is 9.47 Å². The largest absolute Gasteiger partial charge is 0.508 e. The molecule has 2 heterocycles. The lowest BCUT2D eigenvalue weighted by Crippen LogP contribution is -2.50. The zero-order chi connectivity index (χ0) is 26.2. The van der Waals surface area contributed by atoms with E-state index in [1.165, 1.54) is 6.42 Å². The number of anilines is 1. The van der Waals surface area contributed by atoms with Crippen molar-refractivity contribution in [2.75, 3.05) is 5.32 Å². The average Bonchev–Trinajstić information content (AvgIpc) is 2.80. The van der Waals surface area contributed by atoms with Gasteiger partial charge in [-0.15, -0.1) is 0 Å². The van der Waals surface area contributed by atoms with Crippen LogP contribution in [0.15, 0.2) is 30.3 Å². The highest BCUT2D eigenvalue weighted by atomic mass is 16.5. The quantitative estimate of drug-likeness (QED) is 0.385. The summed E-state index contributed by atoms with van der Waals surface area (Å²) in [7, 11) is 0.